The number of hydrogen-bond acceptors (Lipinski definition) is 3. The predicted molar refractivity (Wildman–Crippen MR) is 89.9 cm³/mol. The van der Waals surface area contributed by atoms with E-state index in [-0.39, 0.29) is 12.0 Å². The zero-order valence-corrected chi connectivity index (χ0v) is 14.6. The summed E-state index contributed by atoms with van der Waals surface area (Å²) in [6.45, 7) is 1.68. The van der Waals surface area contributed by atoms with E-state index in [1.54, 1.807) is 12.0 Å². The van der Waals surface area contributed by atoms with Gasteiger partial charge in [-0.3, -0.25) is 0 Å². The molecule has 1 aliphatic rings. The number of halogens is 2. The van der Waals surface area contributed by atoms with Crippen molar-refractivity contribution in [2.75, 3.05) is 26.8 Å². The van der Waals surface area contributed by atoms with Gasteiger partial charge in [0.25, 0.3) is 0 Å². The molecule has 2 amide bonds. The maximum atomic E-state index is 14.2. The number of carbonyl (C=O) groups is 1. The first kappa shape index (κ1) is 19.6. The number of nitrogens with zero attached hydrogens (tertiary/aromatic N) is 1. The predicted octanol–water partition coefficient (Wildman–Crippen LogP) is 3.12. The number of benzene rings is 1. The number of methoxy groups -OCH3 is 1. The Hall–Kier alpha value is -1.73. The Morgan fingerprint density at radius 2 is 2.00 bits per heavy atom. The summed E-state index contributed by atoms with van der Waals surface area (Å²) in [5, 5.41) is 13.5. The summed E-state index contributed by atoms with van der Waals surface area (Å²) in [6, 6.07) is 3.14. The molecule has 140 valence electrons. The lowest BCUT2D eigenvalue weighted by atomic mass is 9.96. The monoisotopic (exact) mass is 356 g/mol. The number of aliphatic hydroxyl groups is 1. The molecule has 0 radical (unpaired) electrons. The van der Waals surface area contributed by atoms with Gasteiger partial charge in [-0.05, 0) is 44.6 Å². The molecule has 0 unspecified atom stereocenters. The zero-order valence-electron chi connectivity index (χ0n) is 14.6. The molecule has 1 aromatic carbocycles. The van der Waals surface area contributed by atoms with Crippen LogP contribution in [0.4, 0.5) is 13.6 Å². The fourth-order valence-corrected chi connectivity index (χ4v) is 3.07. The van der Waals surface area contributed by atoms with Crippen LogP contribution in [-0.2, 0) is 10.5 Å². The van der Waals surface area contributed by atoms with Crippen molar-refractivity contribution in [3.63, 3.8) is 0 Å². The summed E-state index contributed by atoms with van der Waals surface area (Å²) in [5.74, 6) is -2.20. The number of urea groups is 1. The van der Waals surface area contributed by atoms with Crippen molar-refractivity contribution in [3.05, 3.63) is 35.4 Å². The molecule has 1 heterocycles. The summed E-state index contributed by atoms with van der Waals surface area (Å²) in [7, 11) is 1.57. The number of unbranched alkanes of at least 4 members (excludes halogenated alkanes) is 1. The summed E-state index contributed by atoms with van der Waals surface area (Å²) in [4.78, 5) is 14.1. The average Bonchev–Trinajstić information content (AvgIpc) is 2.62. The molecular formula is C18H26F2N2O3. The van der Waals surface area contributed by atoms with Gasteiger partial charge in [-0.2, -0.15) is 0 Å². The van der Waals surface area contributed by atoms with Gasteiger partial charge in [0, 0.05) is 32.4 Å². The third-order valence-corrected chi connectivity index (χ3v) is 4.49. The fraction of sp³-hybridized carbons (Fsp3) is 0.611. The second kappa shape index (κ2) is 9.10. The molecular weight excluding hydrogens is 330 g/mol. The van der Waals surface area contributed by atoms with E-state index in [0.29, 0.717) is 32.5 Å². The Morgan fingerprint density at radius 1 is 1.28 bits per heavy atom. The van der Waals surface area contributed by atoms with Crippen LogP contribution in [0, 0.1) is 11.6 Å². The number of piperidine rings is 1. The zero-order chi connectivity index (χ0) is 18.3. The van der Waals surface area contributed by atoms with Crippen LogP contribution in [0.1, 0.15) is 44.1 Å². The number of amides is 2. The first-order valence-corrected chi connectivity index (χ1v) is 8.71. The molecule has 1 fully saturated rings. The molecule has 0 spiro atoms. The first-order chi connectivity index (χ1) is 12.0. The molecule has 1 atom stereocenters. The Kier molecular flexibility index (Phi) is 7.13. The highest BCUT2D eigenvalue weighted by atomic mass is 19.2. The second-order valence-corrected chi connectivity index (χ2v) is 6.39. The van der Waals surface area contributed by atoms with Crippen LogP contribution in [0.15, 0.2) is 18.2 Å². The lowest BCUT2D eigenvalue weighted by Crippen LogP contribution is -2.53. The largest absolute Gasteiger partial charge is 0.385 e. The molecule has 5 nitrogen and oxygen atoms in total. The molecule has 2 rings (SSSR count). The molecule has 0 aromatic heterocycles. The number of nitrogens with one attached hydrogen (secondary N) is 1. The topological polar surface area (TPSA) is 61.8 Å². The van der Waals surface area contributed by atoms with E-state index in [1.165, 1.54) is 12.1 Å². The number of ether oxygens (including phenoxy) is 1. The molecule has 1 aliphatic heterocycles. The van der Waals surface area contributed by atoms with Gasteiger partial charge in [0.2, 0.25) is 0 Å². The highest BCUT2D eigenvalue weighted by molar-refractivity contribution is 5.75. The van der Waals surface area contributed by atoms with Gasteiger partial charge < -0.3 is 20.1 Å². The molecule has 0 aliphatic carbocycles. The molecule has 0 bridgehead atoms. The van der Waals surface area contributed by atoms with Crippen LogP contribution in [0.5, 0.6) is 0 Å². The van der Waals surface area contributed by atoms with Crippen molar-refractivity contribution in [1.82, 2.24) is 10.2 Å². The van der Waals surface area contributed by atoms with Crippen LogP contribution < -0.4 is 5.32 Å². The minimum absolute atomic E-state index is 0.0658. The van der Waals surface area contributed by atoms with Crippen LogP contribution in [0.2, 0.25) is 0 Å². The normalized spacial score (nSPS) is 17.2. The molecule has 25 heavy (non-hydrogen) atoms. The Bertz CT molecular complexity index is 579. The average molecular weight is 356 g/mol. The smallest absolute Gasteiger partial charge is 0.319 e. The molecule has 0 saturated carbocycles. The molecule has 1 saturated heterocycles. The van der Waals surface area contributed by atoms with E-state index in [9.17, 15) is 18.7 Å². The van der Waals surface area contributed by atoms with Gasteiger partial charge in [-0.1, -0.05) is 12.1 Å². The van der Waals surface area contributed by atoms with Crippen molar-refractivity contribution in [2.45, 2.75) is 44.2 Å². The Balaban J connectivity index is 2.18. The molecule has 1 aromatic rings. The number of carbonyl (C=O) groups excluding carboxylic acids is 1. The highest BCUT2D eigenvalue weighted by Crippen LogP contribution is 2.28. The van der Waals surface area contributed by atoms with Crippen molar-refractivity contribution in [2.24, 2.45) is 0 Å². The van der Waals surface area contributed by atoms with Gasteiger partial charge in [0.15, 0.2) is 17.4 Å². The van der Waals surface area contributed by atoms with E-state index in [1.807, 2.05) is 0 Å². The van der Waals surface area contributed by atoms with E-state index in [0.717, 1.165) is 25.3 Å². The second-order valence-electron chi connectivity index (χ2n) is 6.39. The molecule has 7 heteroatoms. The van der Waals surface area contributed by atoms with Crippen molar-refractivity contribution in [3.8, 4) is 0 Å². The number of hydrogen-bond donors (Lipinski definition) is 2. The maximum Gasteiger partial charge on any atom is 0.319 e. The standard InChI is InChI=1S/C18H26F2N2O3/c1-25-13-6-3-10-18(24,14-8-7-9-15(19)16(14)20)21-17(23)22-11-4-2-5-12-22/h7-9,24H,2-6,10-13H2,1H3,(H,21,23)/t18-/m0/s1. The van der Waals surface area contributed by atoms with E-state index < -0.39 is 23.4 Å². The van der Waals surface area contributed by atoms with Gasteiger partial charge in [-0.25, -0.2) is 13.6 Å². The lowest BCUT2D eigenvalue weighted by Gasteiger charge is -2.34. The summed E-state index contributed by atoms with van der Waals surface area (Å²) >= 11 is 0. The van der Waals surface area contributed by atoms with Crippen molar-refractivity contribution in [1.29, 1.82) is 0 Å². The minimum Gasteiger partial charge on any atom is -0.385 e. The van der Waals surface area contributed by atoms with Gasteiger partial charge in [0.05, 0.1) is 0 Å². The van der Waals surface area contributed by atoms with Crippen LogP contribution in [0.25, 0.3) is 0 Å². The van der Waals surface area contributed by atoms with Crippen LogP contribution in [-0.4, -0.2) is 42.8 Å². The van der Waals surface area contributed by atoms with Gasteiger partial charge in [0.1, 0.15) is 0 Å². The Labute approximate surface area is 147 Å². The highest BCUT2D eigenvalue weighted by Gasteiger charge is 2.36. The minimum atomic E-state index is -1.96. The lowest BCUT2D eigenvalue weighted by molar-refractivity contribution is -0.00858. The number of rotatable bonds is 7. The van der Waals surface area contributed by atoms with E-state index in [4.69, 9.17) is 4.74 Å². The van der Waals surface area contributed by atoms with Gasteiger partial charge >= 0.3 is 6.03 Å². The van der Waals surface area contributed by atoms with Gasteiger partial charge in [-0.15, -0.1) is 0 Å². The van der Waals surface area contributed by atoms with Crippen molar-refractivity contribution >= 4 is 6.03 Å². The third kappa shape index (κ3) is 5.12. The summed E-state index contributed by atoms with van der Waals surface area (Å²) in [6.07, 6.45) is 4.04. The quantitative estimate of drug-likeness (QED) is 0.583. The number of likely N-dealkylation sites (tertiary alicyclic amines) is 1. The first-order valence-electron chi connectivity index (χ1n) is 8.71. The third-order valence-electron chi connectivity index (χ3n) is 4.49. The van der Waals surface area contributed by atoms with E-state index >= 15 is 0 Å². The SMILES string of the molecule is COCCCC[C@@](O)(NC(=O)N1CCCCC1)c1cccc(F)c1F. The maximum absolute atomic E-state index is 14.2. The van der Waals surface area contributed by atoms with Crippen molar-refractivity contribution < 1.29 is 23.4 Å². The molecule has 2 N–H and O–H groups in total. The summed E-state index contributed by atoms with van der Waals surface area (Å²) < 4.78 is 32.8. The fourth-order valence-electron chi connectivity index (χ4n) is 3.07. The summed E-state index contributed by atoms with van der Waals surface area (Å²) in [5.41, 5.74) is -2.22. The van der Waals surface area contributed by atoms with E-state index in [2.05, 4.69) is 5.32 Å². The van der Waals surface area contributed by atoms with Crippen LogP contribution >= 0.6 is 0 Å². The Morgan fingerprint density at radius 3 is 2.68 bits per heavy atom. The van der Waals surface area contributed by atoms with Crippen LogP contribution in [0.3, 0.4) is 0 Å².